The summed E-state index contributed by atoms with van der Waals surface area (Å²) in [6.07, 6.45) is 7.50. The van der Waals surface area contributed by atoms with Gasteiger partial charge >= 0.3 is 0 Å². The summed E-state index contributed by atoms with van der Waals surface area (Å²) in [5.74, 6) is 1.75. The monoisotopic (exact) mass is 282 g/mol. The van der Waals surface area contributed by atoms with Crippen LogP contribution in [0.1, 0.15) is 51.0 Å². The van der Waals surface area contributed by atoms with Crippen molar-refractivity contribution in [2.24, 2.45) is 11.8 Å². The Morgan fingerprint density at radius 2 is 2.00 bits per heavy atom. The van der Waals surface area contributed by atoms with Crippen LogP contribution in [-0.4, -0.2) is 12.6 Å². The topological polar surface area (TPSA) is 35.8 Å². The lowest BCUT2D eigenvalue weighted by Gasteiger charge is -2.44. The predicted molar refractivity (Wildman–Crippen MR) is 85.9 cm³/mol. The van der Waals surface area contributed by atoms with Gasteiger partial charge in [0.2, 0.25) is 0 Å². The fourth-order valence-corrected chi connectivity index (χ4v) is 4.15. The first kappa shape index (κ1) is 14.6. The molecule has 1 aromatic carbocycles. The Kier molecular flexibility index (Phi) is 4.31. The van der Waals surface area contributed by atoms with Crippen molar-refractivity contribution in [3.63, 3.8) is 0 Å². The molecule has 2 atom stereocenters. The maximum atomic E-state index is 9.58. The molecule has 0 bridgehead atoms. The van der Waals surface area contributed by atoms with E-state index in [0.717, 1.165) is 31.2 Å². The average Bonchev–Trinajstić information content (AvgIpc) is 2.47. The maximum absolute atomic E-state index is 9.58. The second-order valence-corrected chi connectivity index (χ2v) is 7.21. The van der Waals surface area contributed by atoms with E-state index >= 15 is 0 Å². The number of rotatable bonds is 4. The van der Waals surface area contributed by atoms with E-state index in [-0.39, 0.29) is 5.41 Å². The molecule has 2 nitrogen and oxygen atoms in total. The molecule has 0 saturated heterocycles. The first-order chi connectivity index (χ1) is 10.2. The third-order valence-electron chi connectivity index (χ3n) is 5.47. The van der Waals surface area contributed by atoms with E-state index < -0.39 is 0 Å². The Balaban J connectivity index is 1.50. The summed E-state index contributed by atoms with van der Waals surface area (Å²) in [7, 11) is 0. The molecule has 2 aliphatic rings. The SMILES string of the molecule is CC1CCCC(CNC2CC(C#N)(c3ccccc3)C2)C1. The van der Waals surface area contributed by atoms with Crippen molar-refractivity contribution < 1.29 is 0 Å². The summed E-state index contributed by atoms with van der Waals surface area (Å²) < 4.78 is 0. The molecule has 0 amide bonds. The van der Waals surface area contributed by atoms with Crippen molar-refractivity contribution in [3.05, 3.63) is 35.9 Å². The molecule has 0 aliphatic heterocycles. The minimum absolute atomic E-state index is 0.237. The van der Waals surface area contributed by atoms with Gasteiger partial charge in [-0.3, -0.25) is 0 Å². The lowest BCUT2D eigenvalue weighted by atomic mass is 9.62. The van der Waals surface area contributed by atoms with Crippen LogP contribution in [0.4, 0.5) is 0 Å². The molecule has 0 radical (unpaired) electrons. The maximum Gasteiger partial charge on any atom is 0.0852 e. The van der Waals surface area contributed by atoms with Crippen LogP contribution in [0.2, 0.25) is 0 Å². The van der Waals surface area contributed by atoms with Crippen molar-refractivity contribution >= 4 is 0 Å². The largest absolute Gasteiger partial charge is 0.314 e. The van der Waals surface area contributed by atoms with Crippen molar-refractivity contribution in [2.45, 2.75) is 56.9 Å². The van der Waals surface area contributed by atoms with Gasteiger partial charge in [-0.15, -0.1) is 0 Å². The molecular weight excluding hydrogens is 256 g/mol. The van der Waals surface area contributed by atoms with E-state index in [9.17, 15) is 5.26 Å². The molecule has 112 valence electrons. The highest BCUT2D eigenvalue weighted by molar-refractivity contribution is 5.36. The van der Waals surface area contributed by atoms with Gasteiger partial charge < -0.3 is 5.32 Å². The van der Waals surface area contributed by atoms with Crippen molar-refractivity contribution in [1.82, 2.24) is 5.32 Å². The van der Waals surface area contributed by atoms with E-state index in [1.165, 1.54) is 31.2 Å². The van der Waals surface area contributed by atoms with E-state index in [2.05, 4.69) is 30.4 Å². The van der Waals surface area contributed by atoms with E-state index in [1.807, 2.05) is 18.2 Å². The van der Waals surface area contributed by atoms with Crippen molar-refractivity contribution in [2.75, 3.05) is 6.54 Å². The minimum Gasteiger partial charge on any atom is -0.314 e. The Bertz CT molecular complexity index is 496. The first-order valence-electron chi connectivity index (χ1n) is 8.42. The van der Waals surface area contributed by atoms with E-state index in [4.69, 9.17) is 0 Å². The molecule has 2 fully saturated rings. The molecule has 1 aromatic rings. The first-order valence-corrected chi connectivity index (χ1v) is 8.42. The number of benzene rings is 1. The minimum atomic E-state index is -0.237. The number of hydrogen-bond donors (Lipinski definition) is 1. The molecule has 2 saturated carbocycles. The number of nitrogens with one attached hydrogen (secondary N) is 1. The highest BCUT2D eigenvalue weighted by Gasteiger charge is 2.45. The number of hydrogen-bond acceptors (Lipinski definition) is 2. The van der Waals surface area contributed by atoms with E-state index in [1.54, 1.807) is 0 Å². The van der Waals surface area contributed by atoms with Crippen LogP contribution in [-0.2, 0) is 5.41 Å². The zero-order valence-electron chi connectivity index (χ0n) is 13.0. The molecule has 3 rings (SSSR count). The summed E-state index contributed by atoms with van der Waals surface area (Å²) in [5, 5.41) is 13.3. The zero-order chi connectivity index (χ0) is 14.7. The molecular formula is C19H26N2. The van der Waals surface area contributed by atoms with Crippen molar-refractivity contribution in [1.29, 1.82) is 5.26 Å². The molecule has 0 heterocycles. The highest BCUT2D eigenvalue weighted by atomic mass is 14.9. The second-order valence-electron chi connectivity index (χ2n) is 7.21. The molecule has 0 aromatic heterocycles. The Labute approximate surface area is 128 Å². The van der Waals surface area contributed by atoms with E-state index in [0.29, 0.717) is 6.04 Å². The van der Waals surface area contributed by atoms with Crippen LogP contribution < -0.4 is 5.32 Å². The van der Waals surface area contributed by atoms with Gasteiger partial charge in [-0.25, -0.2) is 0 Å². The number of nitrogens with zero attached hydrogens (tertiary/aromatic N) is 1. The molecule has 21 heavy (non-hydrogen) atoms. The van der Waals surface area contributed by atoms with Crippen LogP contribution in [0.3, 0.4) is 0 Å². The quantitative estimate of drug-likeness (QED) is 0.905. The predicted octanol–water partition coefficient (Wildman–Crippen LogP) is 4.03. The molecule has 2 unspecified atom stereocenters. The van der Waals surface area contributed by atoms with Gasteiger partial charge in [0.15, 0.2) is 0 Å². The van der Waals surface area contributed by atoms with Crippen LogP contribution in [0.25, 0.3) is 0 Å². The summed E-state index contributed by atoms with van der Waals surface area (Å²) in [5.41, 5.74) is 0.954. The Morgan fingerprint density at radius 1 is 1.24 bits per heavy atom. The number of nitriles is 1. The van der Waals surface area contributed by atoms with Gasteiger partial charge in [0, 0.05) is 6.04 Å². The lowest BCUT2D eigenvalue weighted by molar-refractivity contribution is 0.199. The standard InChI is InChI=1S/C19H26N2/c1-15-6-5-7-16(10-15)13-21-18-11-19(12-18,14-20)17-8-3-2-4-9-17/h2-4,8-9,15-16,18,21H,5-7,10-13H2,1H3. The summed E-state index contributed by atoms with van der Waals surface area (Å²) >= 11 is 0. The van der Waals surface area contributed by atoms with Crippen LogP contribution >= 0.6 is 0 Å². The van der Waals surface area contributed by atoms with Gasteiger partial charge in [-0.05, 0) is 49.6 Å². The lowest BCUT2D eigenvalue weighted by Crippen LogP contribution is -2.52. The average molecular weight is 282 g/mol. The Morgan fingerprint density at radius 3 is 2.67 bits per heavy atom. The molecule has 2 aliphatic carbocycles. The molecule has 2 heteroatoms. The molecule has 0 spiro atoms. The third-order valence-corrected chi connectivity index (χ3v) is 5.47. The highest BCUT2D eigenvalue weighted by Crippen LogP contribution is 2.43. The van der Waals surface area contributed by atoms with Gasteiger partial charge in [0.1, 0.15) is 0 Å². The Hall–Kier alpha value is -1.33. The fraction of sp³-hybridized carbons (Fsp3) is 0.632. The van der Waals surface area contributed by atoms with Gasteiger partial charge in [-0.2, -0.15) is 5.26 Å². The van der Waals surface area contributed by atoms with Crippen molar-refractivity contribution in [3.8, 4) is 6.07 Å². The summed E-state index contributed by atoms with van der Waals surface area (Å²) in [4.78, 5) is 0. The summed E-state index contributed by atoms with van der Waals surface area (Å²) in [6.45, 7) is 3.52. The zero-order valence-corrected chi connectivity index (χ0v) is 13.0. The second kappa shape index (κ2) is 6.20. The smallest absolute Gasteiger partial charge is 0.0852 e. The van der Waals surface area contributed by atoms with Gasteiger partial charge in [0.05, 0.1) is 11.5 Å². The van der Waals surface area contributed by atoms with Crippen LogP contribution in [0.15, 0.2) is 30.3 Å². The fourth-order valence-electron chi connectivity index (χ4n) is 4.15. The normalized spacial score (nSPS) is 35.7. The van der Waals surface area contributed by atoms with Crippen LogP contribution in [0, 0.1) is 23.2 Å². The van der Waals surface area contributed by atoms with Gasteiger partial charge in [0.25, 0.3) is 0 Å². The molecule has 1 N–H and O–H groups in total. The summed E-state index contributed by atoms with van der Waals surface area (Å²) in [6, 6.07) is 13.4. The van der Waals surface area contributed by atoms with Gasteiger partial charge in [-0.1, -0.05) is 50.1 Å². The van der Waals surface area contributed by atoms with Crippen LogP contribution in [0.5, 0.6) is 0 Å². The third kappa shape index (κ3) is 3.14.